The van der Waals surface area contributed by atoms with Crippen LogP contribution in [0.4, 0.5) is 20.2 Å². The second-order valence-corrected chi connectivity index (χ2v) is 12.4. The van der Waals surface area contributed by atoms with Crippen LogP contribution < -0.4 is 20.0 Å². The van der Waals surface area contributed by atoms with Gasteiger partial charge < -0.3 is 33.9 Å². The molecule has 1 aliphatic carbocycles. The minimum atomic E-state index is -1.39. The first-order valence-corrected chi connectivity index (χ1v) is 15.9. The Balaban J connectivity index is 1.07. The highest BCUT2D eigenvalue weighted by molar-refractivity contribution is 6.54. The highest BCUT2D eigenvalue weighted by atomic mass is 19.1. The lowest BCUT2D eigenvalue weighted by molar-refractivity contribution is -0.134. The summed E-state index contributed by atoms with van der Waals surface area (Å²) >= 11 is 0. The van der Waals surface area contributed by atoms with Crippen LogP contribution in [0.15, 0.2) is 46.6 Å². The lowest BCUT2D eigenvalue weighted by atomic mass is 10.1. The second-order valence-electron chi connectivity index (χ2n) is 12.4. The first-order valence-electron chi connectivity index (χ1n) is 15.9. The number of nitrogens with zero attached hydrogens (tertiary/aromatic N) is 8. The van der Waals surface area contributed by atoms with Gasteiger partial charge in [-0.3, -0.25) is 14.4 Å². The molecule has 3 aliphatic rings. The minimum absolute atomic E-state index is 0.00513. The second kappa shape index (κ2) is 12.5. The summed E-state index contributed by atoms with van der Waals surface area (Å²) in [5.74, 6) is -3.26. The van der Waals surface area contributed by atoms with Crippen molar-refractivity contribution in [1.29, 1.82) is 0 Å². The van der Waals surface area contributed by atoms with Crippen molar-refractivity contribution >= 4 is 45.8 Å². The van der Waals surface area contributed by atoms with Crippen molar-refractivity contribution < 1.29 is 37.8 Å². The van der Waals surface area contributed by atoms with Crippen LogP contribution in [0.1, 0.15) is 47.4 Å². The van der Waals surface area contributed by atoms with E-state index in [9.17, 15) is 28.7 Å². The lowest BCUT2D eigenvalue weighted by Crippen LogP contribution is -2.55. The van der Waals surface area contributed by atoms with Gasteiger partial charge in [0.05, 0.1) is 36.4 Å². The zero-order chi connectivity index (χ0) is 35.4. The number of ether oxygens (including phenoxy) is 1. The number of methoxy groups -OCH3 is 1. The molecule has 260 valence electrons. The molecule has 4 heterocycles. The number of fused-ring (bicyclic) bond motifs is 2. The number of carbonyl (C=O) groups excluding carboxylic acids is 2. The van der Waals surface area contributed by atoms with Gasteiger partial charge in [0.2, 0.25) is 11.3 Å². The molecule has 4 aromatic rings. The van der Waals surface area contributed by atoms with Gasteiger partial charge in [0.25, 0.3) is 5.91 Å². The molecule has 17 heteroatoms. The van der Waals surface area contributed by atoms with Crippen molar-refractivity contribution in [3.8, 4) is 5.75 Å². The fourth-order valence-corrected chi connectivity index (χ4v) is 6.76. The van der Waals surface area contributed by atoms with Crippen LogP contribution in [0.2, 0.25) is 0 Å². The highest BCUT2D eigenvalue weighted by Gasteiger charge is 2.37. The van der Waals surface area contributed by atoms with Gasteiger partial charge in [0, 0.05) is 43.5 Å². The topological polar surface area (TPSA) is 165 Å². The van der Waals surface area contributed by atoms with Crippen LogP contribution in [-0.4, -0.2) is 93.0 Å². The van der Waals surface area contributed by atoms with E-state index in [-0.39, 0.29) is 73.2 Å². The Labute approximate surface area is 282 Å². The van der Waals surface area contributed by atoms with E-state index in [1.54, 1.807) is 20.6 Å². The van der Waals surface area contributed by atoms with Crippen LogP contribution in [0, 0.1) is 11.6 Å². The predicted molar refractivity (Wildman–Crippen MR) is 174 cm³/mol. The lowest BCUT2D eigenvalue weighted by Gasteiger charge is -2.41. The summed E-state index contributed by atoms with van der Waals surface area (Å²) in [4.78, 5) is 61.0. The SMILES string of the molecule is CO/N=C1/C(=O)N(Cc2cn(CC(=O)N3CCN(c4c(F)cc5c(=O)c(C(=O)O)cn(C6CC6)c5c4OC)CC3C)nn2)c2ccc(F)cc21. The summed E-state index contributed by atoms with van der Waals surface area (Å²) in [5.41, 5.74) is 0.323. The average molecular weight is 691 g/mol. The molecule has 1 saturated heterocycles. The first kappa shape index (κ1) is 32.7. The van der Waals surface area contributed by atoms with Crippen molar-refractivity contribution in [3.63, 3.8) is 0 Å². The maximum Gasteiger partial charge on any atom is 0.341 e. The number of carboxylic acids is 1. The normalized spacial score (nSPS) is 18.3. The van der Waals surface area contributed by atoms with Gasteiger partial charge in [0.1, 0.15) is 36.4 Å². The van der Waals surface area contributed by atoms with Crippen molar-refractivity contribution in [2.75, 3.05) is 43.7 Å². The molecule has 50 heavy (non-hydrogen) atoms. The molecule has 2 aromatic heterocycles. The molecule has 1 atom stereocenters. The van der Waals surface area contributed by atoms with Crippen LogP contribution in [0.5, 0.6) is 5.75 Å². The van der Waals surface area contributed by atoms with Crippen LogP contribution in [-0.2, 0) is 27.5 Å². The number of halogens is 2. The van der Waals surface area contributed by atoms with Crippen molar-refractivity contribution in [2.45, 2.75) is 44.9 Å². The number of rotatable bonds is 9. The maximum atomic E-state index is 15.8. The van der Waals surface area contributed by atoms with E-state index in [0.717, 1.165) is 18.9 Å². The van der Waals surface area contributed by atoms with Crippen LogP contribution >= 0.6 is 0 Å². The Morgan fingerprint density at radius 3 is 2.56 bits per heavy atom. The number of carbonyl (C=O) groups is 3. The van der Waals surface area contributed by atoms with Crippen molar-refractivity contribution in [3.05, 3.63) is 75.3 Å². The number of pyridine rings is 1. The number of anilines is 2. The Bertz CT molecular complexity index is 2160. The van der Waals surface area contributed by atoms with Gasteiger partial charge in [-0.25, -0.2) is 18.3 Å². The number of carboxylic acid groups (broad SMARTS) is 1. The third kappa shape index (κ3) is 5.57. The van der Waals surface area contributed by atoms with Gasteiger partial charge in [-0.1, -0.05) is 10.4 Å². The molecule has 2 aliphatic heterocycles. The van der Waals surface area contributed by atoms with E-state index in [2.05, 4.69) is 15.5 Å². The molecule has 2 amide bonds. The number of hydrogen-bond acceptors (Lipinski definition) is 10. The minimum Gasteiger partial charge on any atom is -0.492 e. The third-order valence-electron chi connectivity index (χ3n) is 9.18. The van der Waals surface area contributed by atoms with E-state index < -0.39 is 34.5 Å². The smallest absolute Gasteiger partial charge is 0.341 e. The Morgan fingerprint density at radius 1 is 1.10 bits per heavy atom. The van der Waals surface area contributed by atoms with Gasteiger partial charge >= 0.3 is 5.97 Å². The Hall–Kier alpha value is -5.87. The molecule has 1 unspecified atom stereocenters. The number of oxime groups is 1. The molecule has 7 rings (SSSR count). The number of aromatic nitrogens is 4. The Morgan fingerprint density at radius 2 is 1.88 bits per heavy atom. The number of benzene rings is 2. The summed E-state index contributed by atoms with van der Waals surface area (Å²) in [6.45, 7) is 2.43. The number of aromatic carboxylic acids is 1. The maximum absolute atomic E-state index is 15.8. The summed E-state index contributed by atoms with van der Waals surface area (Å²) in [5, 5.41) is 21.5. The molecule has 0 radical (unpaired) electrons. The van der Waals surface area contributed by atoms with Gasteiger partial charge in [-0.05, 0) is 44.0 Å². The van der Waals surface area contributed by atoms with Crippen LogP contribution in [0.3, 0.4) is 0 Å². The molecule has 1 saturated carbocycles. The quantitative estimate of drug-likeness (QED) is 0.258. The standard InChI is InChI=1S/C33H32F2N8O7/c1-17-12-39(29-24(35)11-22-28(31(29)49-2)42(20-5-6-20)15-23(30(22)45)33(47)48)8-9-41(17)26(44)16-40-13-19(36-38-40)14-43-25-7-4-18(34)10-21(25)27(32(43)46)37-50-3/h4,7,10-11,13,15,17,20H,5-6,8-9,12,14,16H2,1-3H3,(H,47,48)/b37-27+. The largest absolute Gasteiger partial charge is 0.492 e. The summed E-state index contributed by atoms with van der Waals surface area (Å²) in [7, 11) is 2.67. The zero-order valence-corrected chi connectivity index (χ0v) is 27.3. The molecule has 0 bridgehead atoms. The van der Waals surface area contributed by atoms with Gasteiger partial charge in [-0.15, -0.1) is 5.10 Å². The molecule has 0 spiro atoms. The summed E-state index contributed by atoms with van der Waals surface area (Å²) < 4.78 is 38.5. The molecule has 1 N–H and O–H groups in total. The van der Waals surface area contributed by atoms with E-state index in [0.29, 0.717) is 22.5 Å². The van der Waals surface area contributed by atoms with Gasteiger partial charge in [0.15, 0.2) is 17.3 Å². The van der Waals surface area contributed by atoms with E-state index in [1.807, 2.05) is 6.92 Å². The van der Waals surface area contributed by atoms with Crippen molar-refractivity contribution in [2.24, 2.45) is 5.16 Å². The van der Waals surface area contributed by atoms with E-state index >= 15 is 4.39 Å². The average Bonchev–Trinajstić information content (AvgIpc) is 3.78. The van der Waals surface area contributed by atoms with E-state index in [1.165, 1.54) is 48.2 Å². The number of amides is 2. The molecule has 15 nitrogen and oxygen atoms in total. The van der Waals surface area contributed by atoms with Gasteiger partial charge in [-0.2, -0.15) is 0 Å². The summed E-state index contributed by atoms with van der Waals surface area (Å²) in [6.07, 6.45) is 4.42. The molecule has 2 fully saturated rings. The molecule has 2 aromatic carbocycles. The Kier molecular flexibility index (Phi) is 8.19. The fraction of sp³-hybridized carbons (Fsp3) is 0.364. The monoisotopic (exact) mass is 690 g/mol. The zero-order valence-electron chi connectivity index (χ0n) is 27.3. The number of piperazine rings is 1. The molecular formula is C33H32F2N8O7. The summed E-state index contributed by atoms with van der Waals surface area (Å²) in [6, 6.07) is 4.58. The first-order chi connectivity index (χ1) is 24.0. The molecular weight excluding hydrogens is 658 g/mol. The third-order valence-corrected chi connectivity index (χ3v) is 9.18. The van der Waals surface area contributed by atoms with Crippen molar-refractivity contribution in [1.82, 2.24) is 24.5 Å². The predicted octanol–water partition coefficient (Wildman–Crippen LogP) is 2.55. The highest BCUT2D eigenvalue weighted by Crippen LogP contribution is 2.44. The fourth-order valence-electron chi connectivity index (χ4n) is 6.76. The van der Waals surface area contributed by atoms with E-state index in [4.69, 9.17) is 9.57 Å². The van der Waals surface area contributed by atoms with Crippen LogP contribution in [0.25, 0.3) is 10.9 Å². The number of hydrogen-bond donors (Lipinski definition) is 1.